The molecule has 7 nitrogen and oxygen atoms in total. The fraction of sp³-hybridized carbons (Fsp3) is 0.250. The molecular formula is C20H19N3O4. The molecule has 3 N–H and O–H groups in total. The summed E-state index contributed by atoms with van der Waals surface area (Å²) in [5.41, 5.74) is 6.24. The van der Waals surface area contributed by atoms with Crippen LogP contribution in [0.5, 0.6) is 5.75 Å². The highest BCUT2D eigenvalue weighted by Gasteiger charge is 2.50. The summed E-state index contributed by atoms with van der Waals surface area (Å²) in [5.74, 6) is 0.189. The fourth-order valence-electron chi connectivity index (χ4n) is 3.05. The summed E-state index contributed by atoms with van der Waals surface area (Å²) in [6.07, 6.45) is 2.82. The van der Waals surface area contributed by atoms with Crippen molar-refractivity contribution in [3.8, 4) is 5.75 Å². The average Bonchev–Trinajstić information content (AvgIpc) is 3.36. The van der Waals surface area contributed by atoms with Crippen molar-refractivity contribution in [2.75, 3.05) is 0 Å². The Balaban J connectivity index is 1.60. The third kappa shape index (κ3) is 3.23. The zero-order valence-electron chi connectivity index (χ0n) is 14.8. The molecule has 1 aliphatic rings. The van der Waals surface area contributed by atoms with Crippen LogP contribution in [-0.2, 0) is 11.4 Å². The van der Waals surface area contributed by atoms with E-state index in [9.17, 15) is 9.59 Å². The number of aryl methyl sites for hydroxylation is 1. The second kappa shape index (κ2) is 6.42. The smallest absolute Gasteiger partial charge is 0.256 e. The SMILES string of the molecule is Cc1oc2ccc(OCc3ccccn3)cc2c1C(=O)NC1(C(N)=O)CC1. The number of hydrogen-bond acceptors (Lipinski definition) is 5. The number of nitrogens with two attached hydrogens (primary N) is 1. The van der Waals surface area contributed by atoms with Crippen LogP contribution in [0.3, 0.4) is 0 Å². The number of aromatic nitrogens is 1. The van der Waals surface area contributed by atoms with Gasteiger partial charge in [0.25, 0.3) is 5.91 Å². The van der Waals surface area contributed by atoms with Gasteiger partial charge in [0.2, 0.25) is 5.91 Å². The van der Waals surface area contributed by atoms with E-state index < -0.39 is 11.4 Å². The molecule has 3 aromatic rings. The minimum atomic E-state index is -0.930. The van der Waals surface area contributed by atoms with Crippen LogP contribution < -0.4 is 15.8 Å². The number of carbonyl (C=O) groups excluding carboxylic acids is 2. The maximum atomic E-state index is 12.8. The van der Waals surface area contributed by atoms with Crippen LogP contribution >= 0.6 is 0 Å². The Morgan fingerprint density at radius 3 is 2.78 bits per heavy atom. The molecule has 0 bridgehead atoms. The van der Waals surface area contributed by atoms with Gasteiger partial charge in [0.15, 0.2) is 0 Å². The number of nitrogens with zero attached hydrogens (tertiary/aromatic N) is 1. The molecule has 0 spiro atoms. The standard InChI is InChI=1S/C20H19N3O4/c1-12-17(18(24)23-20(7-8-20)19(21)25)15-10-14(5-6-16(15)27-12)26-11-13-4-2-3-9-22-13/h2-6,9-10H,7-8,11H2,1H3,(H2,21,25)(H,23,24). The molecular weight excluding hydrogens is 346 g/mol. The maximum Gasteiger partial charge on any atom is 0.256 e. The zero-order valence-corrected chi connectivity index (χ0v) is 14.8. The second-order valence-corrected chi connectivity index (χ2v) is 6.70. The molecule has 27 heavy (non-hydrogen) atoms. The van der Waals surface area contributed by atoms with E-state index >= 15 is 0 Å². The Bertz CT molecular complexity index is 1020. The summed E-state index contributed by atoms with van der Waals surface area (Å²) in [4.78, 5) is 28.5. The molecule has 4 rings (SSSR count). The highest BCUT2D eigenvalue weighted by atomic mass is 16.5. The normalized spacial score (nSPS) is 14.7. The minimum absolute atomic E-state index is 0.315. The molecule has 1 aliphatic carbocycles. The number of ether oxygens (including phenoxy) is 1. The number of rotatable bonds is 6. The van der Waals surface area contributed by atoms with Crippen molar-refractivity contribution < 1.29 is 18.7 Å². The molecule has 2 heterocycles. The number of nitrogens with one attached hydrogen (secondary N) is 1. The molecule has 2 amide bonds. The van der Waals surface area contributed by atoms with Crippen molar-refractivity contribution in [1.29, 1.82) is 0 Å². The Morgan fingerprint density at radius 1 is 1.30 bits per heavy atom. The van der Waals surface area contributed by atoms with E-state index in [0.717, 1.165) is 5.69 Å². The van der Waals surface area contributed by atoms with Gasteiger partial charge in [0.1, 0.15) is 29.2 Å². The number of benzene rings is 1. The zero-order chi connectivity index (χ0) is 19.0. The molecule has 1 aromatic carbocycles. The minimum Gasteiger partial charge on any atom is -0.487 e. The number of fused-ring (bicyclic) bond motifs is 1. The van der Waals surface area contributed by atoms with Gasteiger partial charge in [0, 0.05) is 11.6 Å². The van der Waals surface area contributed by atoms with E-state index in [2.05, 4.69) is 10.3 Å². The summed E-state index contributed by atoms with van der Waals surface area (Å²) in [5, 5.41) is 3.38. The number of primary amides is 1. The molecule has 0 radical (unpaired) electrons. The summed E-state index contributed by atoms with van der Waals surface area (Å²) in [7, 11) is 0. The van der Waals surface area contributed by atoms with Crippen molar-refractivity contribution in [3.05, 3.63) is 59.6 Å². The van der Waals surface area contributed by atoms with E-state index in [0.29, 0.717) is 47.5 Å². The van der Waals surface area contributed by atoms with Crippen molar-refractivity contribution in [1.82, 2.24) is 10.3 Å². The predicted molar refractivity (Wildman–Crippen MR) is 98.1 cm³/mol. The largest absolute Gasteiger partial charge is 0.487 e. The third-order valence-corrected chi connectivity index (χ3v) is 4.75. The Morgan fingerprint density at radius 2 is 2.11 bits per heavy atom. The molecule has 0 atom stereocenters. The first-order valence-electron chi connectivity index (χ1n) is 8.67. The first-order chi connectivity index (χ1) is 13.0. The third-order valence-electron chi connectivity index (χ3n) is 4.75. The molecule has 138 valence electrons. The van der Waals surface area contributed by atoms with Gasteiger partial charge in [-0.1, -0.05) is 6.07 Å². The monoisotopic (exact) mass is 365 g/mol. The number of amides is 2. The van der Waals surface area contributed by atoms with Crippen molar-refractivity contribution in [2.45, 2.75) is 31.9 Å². The lowest BCUT2D eigenvalue weighted by Crippen LogP contribution is -2.46. The molecule has 0 saturated heterocycles. The molecule has 2 aromatic heterocycles. The van der Waals surface area contributed by atoms with Crippen molar-refractivity contribution >= 4 is 22.8 Å². The van der Waals surface area contributed by atoms with Crippen LogP contribution in [0.15, 0.2) is 47.0 Å². The van der Waals surface area contributed by atoms with E-state index in [1.807, 2.05) is 18.2 Å². The van der Waals surface area contributed by atoms with E-state index in [4.69, 9.17) is 14.9 Å². The van der Waals surface area contributed by atoms with Crippen LogP contribution in [0, 0.1) is 6.92 Å². The quantitative estimate of drug-likeness (QED) is 0.698. The molecule has 7 heteroatoms. The summed E-state index contributed by atoms with van der Waals surface area (Å²) in [6, 6.07) is 10.9. The van der Waals surface area contributed by atoms with Crippen LogP contribution in [0.2, 0.25) is 0 Å². The number of carbonyl (C=O) groups is 2. The fourth-order valence-corrected chi connectivity index (χ4v) is 3.05. The Kier molecular flexibility index (Phi) is 4.07. The Labute approximate surface area is 155 Å². The van der Waals surface area contributed by atoms with Gasteiger partial charge in [-0.3, -0.25) is 14.6 Å². The predicted octanol–water partition coefficient (Wildman–Crippen LogP) is 2.46. The molecule has 0 aliphatic heterocycles. The first-order valence-corrected chi connectivity index (χ1v) is 8.67. The highest BCUT2D eigenvalue weighted by molar-refractivity contribution is 6.09. The summed E-state index contributed by atoms with van der Waals surface area (Å²) >= 11 is 0. The summed E-state index contributed by atoms with van der Waals surface area (Å²) in [6.45, 7) is 2.03. The van der Waals surface area contributed by atoms with Crippen LogP contribution in [-0.4, -0.2) is 22.3 Å². The number of pyridine rings is 1. The lowest BCUT2D eigenvalue weighted by molar-refractivity contribution is -0.120. The van der Waals surface area contributed by atoms with E-state index in [1.165, 1.54) is 0 Å². The van der Waals surface area contributed by atoms with Crippen molar-refractivity contribution in [3.63, 3.8) is 0 Å². The Hall–Kier alpha value is -3.35. The average molecular weight is 365 g/mol. The van der Waals surface area contributed by atoms with Crippen LogP contribution in [0.1, 0.15) is 34.7 Å². The van der Waals surface area contributed by atoms with Crippen LogP contribution in [0.25, 0.3) is 11.0 Å². The number of hydrogen-bond donors (Lipinski definition) is 2. The first kappa shape index (κ1) is 17.1. The maximum absolute atomic E-state index is 12.8. The van der Waals surface area contributed by atoms with Gasteiger partial charge in [0.05, 0.1) is 11.3 Å². The molecule has 1 fully saturated rings. The van der Waals surface area contributed by atoms with Gasteiger partial charge in [-0.15, -0.1) is 0 Å². The van der Waals surface area contributed by atoms with Crippen molar-refractivity contribution in [2.24, 2.45) is 5.73 Å². The van der Waals surface area contributed by atoms with Gasteiger partial charge in [-0.05, 0) is 50.1 Å². The van der Waals surface area contributed by atoms with Gasteiger partial charge in [-0.25, -0.2) is 0 Å². The van der Waals surface area contributed by atoms with Gasteiger partial charge in [-0.2, -0.15) is 0 Å². The lowest BCUT2D eigenvalue weighted by Gasteiger charge is -2.13. The van der Waals surface area contributed by atoms with E-state index in [1.54, 1.807) is 31.3 Å². The van der Waals surface area contributed by atoms with E-state index in [-0.39, 0.29) is 5.91 Å². The second-order valence-electron chi connectivity index (χ2n) is 6.70. The van der Waals surface area contributed by atoms with Gasteiger partial charge >= 0.3 is 0 Å². The van der Waals surface area contributed by atoms with Crippen LogP contribution in [0.4, 0.5) is 0 Å². The van der Waals surface area contributed by atoms with Gasteiger partial charge < -0.3 is 20.2 Å². The molecule has 0 unspecified atom stereocenters. The summed E-state index contributed by atoms with van der Waals surface area (Å²) < 4.78 is 11.5. The highest BCUT2D eigenvalue weighted by Crippen LogP contribution is 2.36. The lowest BCUT2D eigenvalue weighted by atomic mass is 10.1. The number of furan rings is 1. The topological polar surface area (TPSA) is 107 Å². The molecule has 1 saturated carbocycles.